The van der Waals surface area contributed by atoms with Gasteiger partial charge in [-0.3, -0.25) is 4.79 Å². The van der Waals surface area contributed by atoms with Crippen molar-refractivity contribution in [3.05, 3.63) is 23.4 Å². The van der Waals surface area contributed by atoms with Crippen LogP contribution in [-0.4, -0.2) is 71.3 Å². The van der Waals surface area contributed by atoms with E-state index in [0.717, 1.165) is 63.3 Å². The Hall–Kier alpha value is -2.19. The molecule has 0 saturated heterocycles. The second-order valence-corrected chi connectivity index (χ2v) is 12.1. The van der Waals surface area contributed by atoms with E-state index in [1.54, 1.807) is 0 Å². The first-order chi connectivity index (χ1) is 16.8. The number of unbranched alkanes of at least 4 members (excludes halogenated alkanes) is 1. The van der Waals surface area contributed by atoms with Crippen LogP contribution in [0, 0.1) is 5.41 Å². The summed E-state index contributed by atoms with van der Waals surface area (Å²) in [6.45, 7) is 15.7. The third-order valence-corrected chi connectivity index (χ3v) is 6.11. The first-order valence-corrected chi connectivity index (χ1v) is 13.4. The number of amides is 1. The van der Waals surface area contributed by atoms with Crippen molar-refractivity contribution in [2.45, 2.75) is 98.1 Å². The summed E-state index contributed by atoms with van der Waals surface area (Å²) in [5, 5.41) is 15.8. The third kappa shape index (κ3) is 12.2. The maximum absolute atomic E-state index is 12.3. The highest BCUT2D eigenvalue weighted by Crippen LogP contribution is 2.20. The third-order valence-electron chi connectivity index (χ3n) is 6.11. The molecule has 0 bridgehead atoms. The van der Waals surface area contributed by atoms with Gasteiger partial charge in [0.05, 0.1) is 12.2 Å². The van der Waals surface area contributed by atoms with E-state index in [1.165, 1.54) is 5.56 Å². The van der Waals surface area contributed by atoms with Crippen LogP contribution in [-0.2, 0) is 27.2 Å². The summed E-state index contributed by atoms with van der Waals surface area (Å²) in [5.74, 6) is -0.173. The Bertz CT molecular complexity index is 845. The Labute approximate surface area is 217 Å². The number of ether oxygens (including phenoxy) is 1. The molecule has 0 aromatic carbocycles. The summed E-state index contributed by atoms with van der Waals surface area (Å²) in [4.78, 5) is 31.2. The lowest BCUT2D eigenvalue weighted by atomic mass is 9.92. The molecule has 1 aliphatic heterocycles. The molecule has 0 fully saturated rings. The molecule has 204 valence electrons. The molecule has 36 heavy (non-hydrogen) atoms. The first kappa shape index (κ1) is 30.0. The predicted molar refractivity (Wildman–Crippen MR) is 144 cm³/mol. The van der Waals surface area contributed by atoms with Gasteiger partial charge in [0.15, 0.2) is 0 Å². The van der Waals surface area contributed by atoms with Crippen LogP contribution < -0.4 is 10.6 Å². The van der Waals surface area contributed by atoms with Gasteiger partial charge in [-0.2, -0.15) is 0 Å². The number of aromatic nitrogens is 1. The minimum atomic E-state index is -0.991. The quantitative estimate of drug-likeness (QED) is 0.325. The number of hydrogen-bond acceptors (Lipinski definition) is 6. The Morgan fingerprint density at radius 1 is 1.14 bits per heavy atom. The topological polar surface area (TPSA) is 104 Å². The molecule has 0 saturated carbocycles. The minimum absolute atomic E-state index is 0.188. The maximum Gasteiger partial charge on any atom is 0.326 e. The number of anilines is 1. The molecule has 1 aliphatic rings. The van der Waals surface area contributed by atoms with Gasteiger partial charge in [-0.25, -0.2) is 9.78 Å². The fourth-order valence-electron chi connectivity index (χ4n) is 4.26. The zero-order chi connectivity index (χ0) is 26.8. The first-order valence-electron chi connectivity index (χ1n) is 13.4. The second kappa shape index (κ2) is 13.9. The van der Waals surface area contributed by atoms with Crippen LogP contribution in [0.3, 0.4) is 0 Å². The molecule has 1 amide bonds. The molecule has 1 aromatic rings. The largest absolute Gasteiger partial charge is 0.480 e. The van der Waals surface area contributed by atoms with Gasteiger partial charge in [-0.1, -0.05) is 26.8 Å². The SMILES string of the molecule is CC(C)(C)CC(=O)NC(CCN(CCCCc1ccc2c(n1)NCCC2)CCOC(C)(C)C)C(=O)O. The van der Waals surface area contributed by atoms with Gasteiger partial charge in [0, 0.05) is 31.7 Å². The number of carbonyl (C=O) groups excluding carboxylic acids is 1. The van der Waals surface area contributed by atoms with Crippen LogP contribution in [0.15, 0.2) is 12.1 Å². The van der Waals surface area contributed by atoms with E-state index in [1.807, 2.05) is 41.5 Å². The van der Waals surface area contributed by atoms with Crippen molar-refractivity contribution in [3.8, 4) is 0 Å². The van der Waals surface area contributed by atoms with Crippen molar-refractivity contribution in [3.63, 3.8) is 0 Å². The maximum atomic E-state index is 12.3. The van der Waals surface area contributed by atoms with Gasteiger partial charge in [0.2, 0.25) is 5.91 Å². The predicted octanol–water partition coefficient (Wildman–Crippen LogP) is 4.28. The number of aryl methyl sites for hydroxylation is 2. The van der Waals surface area contributed by atoms with Gasteiger partial charge in [-0.05, 0) is 82.9 Å². The number of carboxylic acids is 1. The van der Waals surface area contributed by atoms with E-state index >= 15 is 0 Å². The molecular formula is C28H48N4O4. The second-order valence-electron chi connectivity index (χ2n) is 12.1. The molecule has 8 nitrogen and oxygen atoms in total. The van der Waals surface area contributed by atoms with E-state index in [2.05, 4.69) is 27.7 Å². The van der Waals surface area contributed by atoms with Crippen molar-refractivity contribution in [2.75, 3.05) is 38.1 Å². The van der Waals surface area contributed by atoms with Crippen molar-refractivity contribution < 1.29 is 19.4 Å². The monoisotopic (exact) mass is 504 g/mol. The zero-order valence-electron chi connectivity index (χ0n) is 23.3. The molecule has 1 aromatic heterocycles. The number of rotatable bonds is 14. The van der Waals surface area contributed by atoms with Crippen molar-refractivity contribution >= 4 is 17.7 Å². The Balaban J connectivity index is 1.87. The molecule has 1 atom stereocenters. The van der Waals surface area contributed by atoms with Crippen LogP contribution in [0.4, 0.5) is 5.82 Å². The van der Waals surface area contributed by atoms with E-state index in [4.69, 9.17) is 9.72 Å². The molecule has 1 unspecified atom stereocenters. The van der Waals surface area contributed by atoms with Crippen LogP contribution in [0.2, 0.25) is 0 Å². The number of nitrogens with zero attached hydrogens (tertiary/aromatic N) is 2. The summed E-state index contributed by atoms with van der Waals surface area (Å²) in [7, 11) is 0. The molecule has 8 heteroatoms. The zero-order valence-corrected chi connectivity index (χ0v) is 23.3. The average Bonchev–Trinajstić information content (AvgIpc) is 2.76. The number of carbonyl (C=O) groups is 2. The summed E-state index contributed by atoms with van der Waals surface area (Å²) in [6.07, 6.45) is 5.82. The van der Waals surface area contributed by atoms with Crippen molar-refractivity contribution in [1.82, 2.24) is 15.2 Å². The Kier molecular flexibility index (Phi) is 11.6. The Morgan fingerprint density at radius 3 is 2.56 bits per heavy atom. The van der Waals surface area contributed by atoms with Gasteiger partial charge < -0.3 is 25.4 Å². The summed E-state index contributed by atoms with van der Waals surface area (Å²) in [6, 6.07) is 3.44. The highest BCUT2D eigenvalue weighted by molar-refractivity contribution is 5.83. The number of nitrogens with one attached hydrogen (secondary N) is 2. The number of carboxylic acid groups (broad SMARTS) is 1. The normalized spacial score (nSPS) is 14.8. The number of fused-ring (bicyclic) bond motifs is 1. The highest BCUT2D eigenvalue weighted by atomic mass is 16.5. The van der Waals surface area contributed by atoms with E-state index < -0.39 is 12.0 Å². The fourth-order valence-corrected chi connectivity index (χ4v) is 4.26. The fraction of sp³-hybridized carbons (Fsp3) is 0.750. The van der Waals surface area contributed by atoms with Crippen LogP contribution in [0.25, 0.3) is 0 Å². The highest BCUT2D eigenvalue weighted by Gasteiger charge is 2.24. The molecule has 0 radical (unpaired) electrons. The van der Waals surface area contributed by atoms with Gasteiger partial charge in [-0.15, -0.1) is 0 Å². The van der Waals surface area contributed by atoms with Crippen LogP contribution >= 0.6 is 0 Å². The van der Waals surface area contributed by atoms with E-state index in [0.29, 0.717) is 26.0 Å². The average molecular weight is 505 g/mol. The standard InChI is InChI=1S/C28H48N4O4/c1-27(2,3)20-24(33)31-23(26(34)35)14-17-32(18-19-36-28(4,5)6)16-8-7-11-22-13-12-21-10-9-15-29-25(21)30-22/h12-13,23H,7-11,14-20H2,1-6H3,(H,29,30)(H,31,33)(H,34,35). The molecule has 2 rings (SSSR count). The van der Waals surface area contributed by atoms with Crippen LogP contribution in [0.5, 0.6) is 0 Å². The molecular weight excluding hydrogens is 456 g/mol. The summed E-state index contributed by atoms with van der Waals surface area (Å²) >= 11 is 0. The van der Waals surface area contributed by atoms with Crippen LogP contribution in [0.1, 0.15) is 84.9 Å². The van der Waals surface area contributed by atoms with Gasteiger partial charge in [0.1, 0.15) is 11.9 Å². The molecule has 0 aliphatic carbocycles. The lowest BCUT2D eigenvalue weighted by Gasteiger charge is -2.27. The smallest absolute Gasteiger partial charge is 0.326 e. The summed E-state index contributed by atoms with van der Waals surface area (Å²) in [5.41, 5.74) is 2.00. The number of aliphatic carboxylic acids is 1. The molecule has 3 N–H and O–H groups in total. The molecule has 0 spiro atoms. The van der Waals surface area contributed by atoms with E-state index in [-0.39, 0.29) is 16.9 Å². The lowest BCUT2D eigenvalue weighted by molar-refractivity contribution is -0.142. The number of hydrogen-bond donors (Lipinski definition) is 3. The molecule has 2 heterocycles. The van der Waals surface area contributed by atoms with Gasteiger partial charge >= 0.3 is 5.97 Å². The lowest BCUT2D eigenvalue weighted by Crippen LogP contribution is -2.44. The van der Waals surface area contributed by atoms with Gasteiger partial charge in [0.25, 0.3) is 0 Å². The number of pyridine rings is 1. The Morgan fingerprint density at radius 2 is 1.89 bits per heavy atom. The van der Waals surface area contributed by atoms with Crippen molar-refractivity contribution in [2.24, 2.45) is 5.41 Å². The van der Waals surface area contributed by atoms with Crippen molar-refractivity contribution in [1.29, 1.82) is 0 Å². The minimum Gasteiger partial charge on any atom is -0.480 e. The summed E-state index contributed by atoms with van der Waals surface area (Å²) < 4.78 is 5.92. The van der Waals surface area contributed by atoms with E-state index in [9.17, 15) is 14.7 Å².